The van der Waals surface area contributed by atoms with Crippen molar-refractivity contribution in [2.24, 2.45) is 13.0 Å². The van der Waals surface area contributed by atoms with Gasteiger partial charge >= 0.3 is 6.18 Å². The van der Waals surface area contributed by atoms with E-state index in [9.17, 15) is 27.6 Å². The van der Waals surface area contributed by atoms with Gasteiger partial charge in [0.1, 0.15) is 0 Å². The topological polar surface area (TPSA) is 117 Å². The summed E-state index contributed by atoms with van der Waals surface area (Å²) in [5.41, 5.74) is -0.536. The monoisotopic (exact) mass is 618 g/mol. The quantitative estimate of drug-likeness (QED) is 0.437. The molecule has 1 saturated carbocycles. The molecule has 4 heterocycles. The molecular formula is C28H30ClF3N8O3. The molecule has 2 saturated heterocycles. The maximum atomic E-state index is 13.7. The SMILES string of the molecule is Cn1c(-c2cn(C3CC3)nc2C(F)(F)F)cnc1C(=O)Nc1ccc(C(=O)N2CCN(C(=O)[C@H]3CCNC3)CC2)c(Cl)c1. The number of rotatable bonds is 6. The molecule has 11 nitrogen and oxygen atoms in total. The summed E-state index contributed by atoms with van der Waals surface area (Å²) in [5, 5.41) is 9.73. The molecule has 3 fully saturated rings. The maximum absolute atomic E-state index is 13.7. The molecule has 228 valence electrons. The Morgan fingerprint density at radius 2 is 1.79 bits per heavy atom. The summed E-state index contributed by atoms with van der Waals surface area (Å²) in [7, 11) is 1.46. The summed E-state index contributed by atoms with van der Waals surface area (Å²) in [6.07, 6.45) is 0.241. The van der Waals surface area contributed by atoms with E-state index in [-0.39, 0.29) is 57.1 Å². The van der Waals surface area contributed by atoms with Gasteiger partial charge in [-0.3, -0.25) is 19.1 Å². The summed E-state index contributed by atoms with van der Waals surface area (Å²) < 4.78 is 43.8. The second kappa shape index (κ2) is 11.3. The number of aromatic nitrogens is 4. The van der Waals surface area contributed by atoms with E-state index in [4.69, 9.17) is 11.6 Å². The standard InChI is InChI=1S/C28H30ClF3N8O3/c1-37-22(20-15-40(18-3-4-18)36-23(20)28(30,31)32)14-34-24(37)25(41)35-17-2-5-19(21(29)12-17)27(43)39-10-8-38(9-11-39)26(42)16-6-7-33-13-16/h2,5,12,14-16,18,33H,3-4,6-11,13H2,1H3,(H,35,41)/t16-/m0/s1. The Balaban J connectivity index is 1.12. The van der Waals surface area contributed by atoms with Crippen LogP contribution in [0, 0.1) is 5.92 Å². The lowest BCUT2D eigenvalue weighted by atomic mass is 10.1. The largest absolute Gasteiger partial charge is 0.435 e. The lowest BCUT2D eigenvalue weighted by molar-refractivity contribution is -0.141. The van der Waals surface area contributed by atoms with E-state index in [1.807, 2.05) is 0 Å². The molecule has 6 rings (SSSR count). The zero-order valence-electron chi connectivity index (χ0n) is 23.3. The summed E-state index contributed by atoms with van der Waals surface area (Å²) in [6, 6.07) is 4.41. The molecule has 1 aromatic carbocycles. The predicted molar refractivity (Wildman–Crippen MR) is 151 cm³/mol. The Morgan fingerprint density at radius 1 is 1.07 bits per heavy atom. The number of halogens is 4. The van der Waals surface area contributed by atoms with Crippen molar-refractivity contribution >= 4 is 35.0 Å². The Morgan fingerprint density at radius 3 is 2.42 bits per heavy atom. The summed E-state index contributed by atoms with van der Waals surface area (Å²) >= 11 is 6.44. The Kier molecular flexibility index (Phi) is 7.67. The number of amides is 3. The fourth-order valence-corrected chi connectivity index (χ4v) is 5.82. The van der Waals surface area contributed by atoms with Crippen LogP contribution in [-0.2, 0) is 18.0 Å². The first kappa shape index (κ1) is 29.2. The van der Waals surface area contributed by atoms with Gasteiger partial charge in [0, 0.05) is 51.7 Å². The van der Waals surface area contributed by atoms with E-state index < -0.39 is 17.8 Å². The molecule has 3 amide bonds. The first-order chi connectivity index (χ1) is 20.5. The molecule has 2 N–H and O–H groups in total. The minimum atomic E-state index is -4.67. The summed E-state index contributed by atoms with van der Waals surface area (Å²) in [5.74, 6) is -0.951. The third-order valence-electron chi connectivity index (χ3n) is 8.13. The molecule has 1 aliphatic carbocycles. The molecule has 0 unspecified atom stereocenters. The van der Waals surface area contributed by atoms with Gasteiger partial charge in [-0.05, 0) is 44.0 Å². The second-order valence-electron chi connectivity index (χ2n) is 11.1. The number of hydrogen-bond acceptors (Lipinski definition) is 6. The first-order valence-electron chi connectivity index (χ1n) is 14.1. The second-order valence-corrected chi connectivity index (χ2v) is 11.5. The van der Waals surface area contributed by atoms with E-state index >= 15 is 0 Å². The number of hydrogen-bond donors (Lipinski definition) is 2. The van der Waals surface area contributed by atoms with E-state index in [1.54, 1.807) is 9.80 Å². The number of alkyl halides is 3. The molecule has 2 aromatic heterocycles. The van der Waals surface area contributed by atoms with Crippen LogP contribution in [0.25, 0.3) is 11.3 Å². The Bertz CT molecular complexity index is 1570. The third-order valence-corrected chi connectivity index (χ3v) is 8.45. The number of nitrogens with one attached hydrogen (secondary N) is 2. The number of carbonyl (C=O) groups is 3. The highest BCUT2D eigenvalue weighted by Gasteiger charge is 2.40. The fourth-order valence-electron chi connectivity index (χ4n) is 5.56. The van der Waals surface area contributed by atoms with Crippen LogP contribution in [0.15, 0.2) is 30.6 Å². The number of imidazole rings is 1. The molecule has 0 bridgehead atoms. The predicted octanol–water partition coefficient (Wildman–Crippen LogP) is 3.44. The molecule has 3 aliphatic rings. The highest BCUT2D eigenvalue weighted by molar-refractivity contribution is 6.34. The number of piperazine rings is 1. The normalized spacial score (nSPS) is 19.1. The zero-order chi connectivity index (χ0) is 30.5. The van der Waals surface area contributed by atoms with Crippen LogP contribution in [0.3, 0.4) is 0 Å². The van der Waals surface area contributed by atoms with Gasteiger partial charge in [0.05, 0.1) is 40.0 Å². The van der Waals surface area contributed by atoms with Gasteiger partial charge in [-0.25, -0.2) is 4.98 Å². The maximum Gasteiger partial charge on any atom is 0.435 e. The molecule has 1 atom stereocenters. The van der Waals surface area contributed by atoms with Crippen molar-refractivity contribution in [1.29, 1.82) is 0 Å². The lowest BCUT2D eigenvalue weighted by Crippen LogP contribution is -2.52. The number of anilines is 1. The molecule has 2 aliphatic heterocycles. The number of benzene rings is 1. The van der Waals surface area contributed by atoms with Gasteiger partial charge < -0.3 is 25.0 Å². The van der Waals surface area contributed by atoms with Crippen LogP contribution >= 0.6 is 11.6 Å². The summed E-state index contributed by atoms with van der Waals surface area (Å²) in [6.45, 7) is 3.19. The fraction of sp³-hybridized carbons (Fsp3) is 0.464. The summed E-state index contributed by atoms with van der Waals surface area (Å²) in [4.78, 5) is 46.4. The van der Waals surface area contributed by atoms with E-state index in [1.165, 1.54) is 46.9 Å². The third kappa shape index (κ3) is 5.85. The average Bonchev–Trinajstić information content (AvgIpc) is 3.33. The Labute approximate surface area is 250 Å². The average molecular weight is 619 g/mol. The van der Waals surface area contributed by atoms with Gasteiger partial charge in [0.15, 0.2) is 11.5 Å². The van der Waals surface area contributed by atoms with Crippen LogP contribution < -0.4 is 10.6 Å². The smallest absolute Gasteiger partial charge is 0.339 e. The van der Waals surface area contributed by atoms with Crippen molar-refractivity contribution in [3.8, 4) is 11.3 Å². The molecule has 3 aromatic rings. The minimum Gasteiger partial charge on any atom is -0.339 e. The van der Waals surface area contributed by atoms with E-state index in [2.05, 4.69) is 20.7 Å². The van der Waals surface area contributed by atoms with Crippen LogP contribution in [-0.4, -0.2) is 86.1 Å². The van der Waals surface area contributed by atoms with Gasteiger partial charge in [0.25, 0.3) is 11.8 Å². The first-order valence-corrected chi connectivity index (χ1v) is 14.5. The van der Waals surface area contributed by atoms with Gasteiger partial charge in [-0.15, -0.1) is 0 Å². The van der Waals surface area contributed by atoms with Crippen LogP contribution in [0.1, 0.15) is 52.0 Å². The van der Waals surface area contributed by atoms with Crippen molar-refractivity contribution in [3.63, 3.8) is 0 Å². The highest BCUT2D eigenvalue weighted by Crippen LogP contribution is 2.41. The van der Waals surface area contributed by atoms with Crippen molar-refractivity contribution in [1.82, 2.24) is 34.4 Å². The molecule has 15 heteroatoms. The van der Waals surface area contributed by atoms with Crippen molar-refractivity contribution in [3.05, 3.63) is 52.7 Å². The van der Waals surface area contributed by atoms with Crippen molar-refractivity contribution in [2.45, 2.75) is 31.5 Å². The molecule has 0 radical (unpaired) electrons. The van der Waals surface area contributed by atoms with Gasteiger partial charge in [-0.1, -0.05) is 11.6 Å². The van der Waals surface area contributed by atoms with Gasteiger partial charge in [0.2, 0.25) is 5.91 Å². The number of carbonyl (C=O) groups excluding carboxylic acids is 3. The molecule has 43 heavy (non-hydrogen) atoms. The van der Waals surface area contributed by atoms with E-state index in [0.29, 0.717) is 32.7 Å². The zero-order valence-corrected chi connectivity index (χ0v) is 24.1. The molecular weight excluding hydrogens is 589 g/mol. The van der Waals surface area contributed by atoms with Crippen molar-refractivity contribution < 1.29 is 27.6 Å². The Hall–Kier alpha value is -3.91. The van der Waals surface area contributed by atoms with Gasteiger partial charge in [-0.2, -0.15) is 18.3 Å². The lowest BCUT2D eigenvalue weighted by Gasteiger charge is -2.36. The number of nitrogens with zero attached hydrogens (tertiary/aromatic N) is 6. The molecule has 0 spiro atoms. The van der Waals surface area contributed by atoms with Crippen LogP contribution in [0.5, 0.6) is 0 Å². The van der Waals surface area contributed by atoms with Crippen LogP contribution in [0.2, 0.25) is 5.02 Å². The minimum absolute atomic E-state index is 0.0134. The van der Waals surface area contributed by atoms with Crippen LogP contribution in [0.4, 0.5) is 18.9 Å². The highest BCUT2D eigenvalue weighted by atomic mass is 35.5. The van der Waals surface area contributed by atoms with Crippen molar-refractivity contribution in [2.75, 3.05) is 44.6 Å². The van der Waals surface area contributed by atoms with E-state index in [0.717, 1.165) is 25.8 Å².